The summed E-state index contributed by atoms with van der Waals surface area (Å²) in [6.07, 6.45) is 4.05. The Morgan fingerprint density at radius 2 is 2.18 bits per heavy atom. The lowest BCUT2D eigenvalue weighted by atomic mass is 9.85. The van der Waals surface area contributed by atoms with E-state index in [1.165, 1.54) is 12.3 Å². The van der Waals surface area contributed by atoms with E-state index in [9.17, 15) is 9.18 Å². The number of nitrogens with zero attached hydrogens (tertiary/aromatic N) is 2. The Morgan fingerprint density at radius 1 is 1.45 bits per heavy atom. The fourth-order valence-electron chi connectivity index (χ4n) is 3.60. The van der Waals surface area contributed by atoms with E-state index < -0.39 is 0 Å². The number of aromatic nitrogens is 2. The summed E-state index contributed by atoms with van der Waals surface area (Å²) in [7, 11) is 1.76. The third kappa shape index (κ3) is 2.30. The molecule has 1 N–H and O–H groups in total. The van der Waals surface area contributed by atoms with Crippen LogP contribution in [0.3, 0.4) is 0 Å². The van der Waals surface area contributed by atoms with Gasteiger partial charge in [-0.2, -0.15) is 5.10 Å². The number of carbonyl (C=O) groups excluding carboxylic acids is 1. The molecule has 3 rings (SSSR count). The standard InChI is InChI=1S/C17H20FN3O/c1-10-7-17(2,3)15-12(18)5-6-13(14(10)15)20-16(22)11-8-19-21(4)9-11/h5-6,8-10H,7H2,1-4H3,(H,20,22). The van der Waals surface area contributed by atoms with Crippen LogP contribution in [0, 0.1) is 5.82 Å². The molecular formula is C17H20FN3O. The molecule has 1 aromatic heterocycles. The summed E-state index contributed by atoms with van der Waals surface area (Å²) in [6.45, 7) is 6.17. The Kier molecular flexibility index (Phi) is 3.31. The second-order valence-electron chi connectivity index (χ2n) is 6.73. The zero-order chi connectivity index (χ0) is 16.1. The Labute approximate surface area is 129 Å². The van der Waals surface area contributed by atoms with Crippen LogP contribution >= 0.6 is 0 Å². The summed E-state index contributed by atoms with van der Waals surface area (Å²) in [6, 6.07) is 3.10. The van der Waals surface area contributed by atoms with Gasteiger partial charge in [-0.25, -0.2) is 4.39 Å². The smallest absolute Gasteiger partial charge is 0.258 e. The molecule has 5 heteroatoms. The molecule has 1 unspecified atom stereocenters. The predicted molar refractivity (Wildman–Crippen MR) is 83.6 cm³/mol. The van der Waals surface area contributed by atoms with E-state index in [4.69, 9.17) is 0 Å². The molecule has 2 aromatic rings. The van der Waals surface area contributed by atoms with Gasteiger partial charge in [0.1, 0.15) is 5.82 Å². The van der Waals surface area contributed by atoms with Gasteiger partial charge >= 0.3 is 0 Å². The van der Waals surface area contributed by atoms with Crippen LogP contribution in [-0.2, 0) is 12.5 Å². The lowest BCUT2D eigenvalue weighted by Gasteiger charge is -2.20. The van der Waals surface area contributed by atoms with Crippen molar-refractivity contribution >= 4 is 11.6 Å². The van der Waals surface area contributed by atoms with Crippen molar-refractivity contribution in [1.82, 2.24) is 9.78 Å². The van der Waals surface area contributed by atoms with Crippen LogP contribution in [0.1, 0.15) is 54.6 Å². The van der Waals surface area contributed by atoms with Gasteiger partial charge in [0.25, 0.3) is 5.91 Å². The highest BCUT2D eigenvalue weighted by Crippen LogP contribution is 2.49. The van der Waals surface area contributed by atoms with Crippen molar-refractivity contribution in [1.29, 1.82) is 0 Å². The molecular weight excluding hydrogens is 281 g/mol. The van der Waals surface area contributed by atoms with Crippen molar-refractivity contribution in [2.24, 2.45) is 7.05 Å². The number of rotatable bonds is 2. The van der Waals surface area contributed by atoms with E-state index in [0.717, 1.165) is 17.5 Å². The number of carbonyl (C=O) groups is 1. The Morgan fingerprint density at radius 3 is 2.82 bits per heavy atom. The van der Waals surface area contributed by atoms with E-state index >= 15 is 0 Å². The summed E-state index contributed by atoms with van der Waals surface area (Å²) in [5.74, 6) is -0.201. The third-order valence-electron chi connectivity index (χ3n) is 4.40. The van der Waals surface area contributed by atoms with Gasteiger partial charge in [-0.3, -0.25) is 9.48 Å². The lowest BCUT2D eigenvalue weighted by Crippen LogP contribution is -2.16. The second-order valence-corrected chi connectivity index (χ2v) is 6.73. The van der Waals surface area contributed by atoms with Crippen LogP contribution in [0.2, 0.25) is 0 Å². The first-order valence-electron chi connectivity index (χ1n) is 7.42. The molecule has 0 fully saturated rings. The quantitative estimate of drug-likeness (QED) is 0.921. The van der Waals surface area contributed by atoms with Crippen molar-refractivity contribution in [2.75, 3.05) is 5.32 Å². The van der Waals surface area contributed by atoms with Crippen molar-refractivity contribution in [3.63, 3.8) is 0 Å². The number of aryl methyl sites for hydroxylation is 1. The number of anilines is 1. The minimum atomic E-state index is -0.223. The minimum Gasteiger partial charge on any atom is -0.322 e. The first-order chi connectivity index (χ1) is 10.3. The number of hydrogen-bond acceptors (Lipinski definition) is 2. The maximum Gasteiger partial charge on any atom is 0.258 e. The first kappa shape index (κ1) is 14.8. The number of fused-ring (bicyclic) bond motifs is 1. The van der Waals surface area contributed by atoms with Crippen LogP contribution in [0.15, 0.2) is 24.5 Å². The summed E-state index contributed by atoms with van der Waals surface area (Å²) in [5, 5.41) is 6.91. The Hall–Kier alpha value is -2.17. The van der Waals surface area contributed by atoms with Gasteiger partial charge in [-0.1, -0.05) is 20.8 Å². The molecule has 0 radical (unpaired) electrons. The van der Waals surface area contributed by atoms with E-state index in [-0.39, 0.29) is 23.1 Å². The largest absolute Gasteiger partial charge is 0.322 e. The Bertz CT molecular complexity index is 748. The zero-order valence-corrected chi connectivity index (χ0v) is 13.3. The predicted octanol–water partition coefficient (Wildman–Crippen LogP) is 3.60. The van der Waals surface area contributed by atoms with Gasteiger partial charge in [0.15, 0.2) is 0 Å². The molecule has 0 spiro atoms. The van der Waals surface area contributed by atoms with Gasteiger partial charge in [0.05, 0.1) is 11.8 Å². The second kappa shape index (κ2) is 4.93. The van der Waals surface area contributed by atoms with Crippen molar-refractivity contribution in [3.05, 3.63) is 47.0 Å². The summed E-state index contributed by atoms with van der Waals surface area (Å²) in [4.78, 5) is 12.3. The first-order valence-corrected chi connectivity index (χ1v) is 7.42. The molecule has 0 saturated heterocycles. The van der Waals surface area contributed by atoms with Gasteiger partial charge < -0.3 is 5.32 Å². The average molecular weight is 301 g/mol. The highest BCUT2D eigenvalue weighted by molar-refractivity contribution is 6.04. The van der Waals surface area contributed by atoms with Crippen molar-refractivity contribution < 1.29 is 9.18 Å². The van der Waals surface area contributed by atoms with Gasteiger partial charge in [-0.05, 0) is 41.0 Å². The molecule has 1 aliphatic rings. The normalized spacial score (nSPS) is 19.0. The number of amides is 1. The fraction of sp³-hybridized carbons (Fsp3) is 0.412. The fourth-order valence-corrected chi connectivity index (χ4v) is 3.60. The highest BCUT2D eigenvalue weighted by atomic mass is 19.1. The van der Waals surface area contributed by atoms with Crippen molar-refractivity contribution in [3.8, 4) is 0 Å². The monoisotopic (exact) mass is 301 g/mol. The average Bonchev–Trinajstić information content (AvgIpc) is 2.95. The maximum atomic E-state index is 14.3. The summed E-state index contributed by atoms with van der Waals surface area (Å²) < 4.78 is 15.9. The van der Waals surface area contributed by atoms with Crippen LogP contribution in [0.5, 0.6) is 0 Å². The number of halogens is 1. The Balaban J connectivity index is 2.00. The topological polar surface area (TPSA) is 46.9 Å². The van der Waals surface area contributed by atoms with E-state index in [0.29, 0.717) is 11.3 Å². The molecule has 116 valence electrons. The molecule has 4 nitrogen and oxygen atoms in total. The molecule has 0 saturated carbocycles. The highest BCUT2D eigenvalue weighted by Gasteiger charge is 2.39. The molecule has 22 heavy (non-hydrogen) atoms. The van der Waals surface area contributed by atoms with Crippen LogP contribution in [0.4, 0.5) is 10.1 Å². The van der Waals surface area contributed by atoms with Crippen LogP contribution in [0.25, 0.3) is 0 Å². The third-order valence-corrected chi connectivity index (χ3v) is 4.40. The summed E-state index contributed by atoms with van der Waals surface area (Å²) in [5.41, 5.74) is 2.62. The van der Waals surface area contributed by atoms with Crippen molar-refractivity contribution in [2.45, 2.75) is 38.5 Å². The molecule has 1 aliphatic carbocycles. The van der Waals surface area contributed by atoms with Gasteiger partial charge in [0, 0.05) is 18.9 Å². The molecule has 1 aromatic carbocycles. The van der Waals surface area contributed by atoms with Crippen LogP contribution < -0.4 is 5.32 Å². The number of nitrogens with one attached hydrogen (secondary N) is 1. The van der Waals surface area contributed by atoms with Crippen LogP contribution in [-0.4, -0.2) is 15.7 Å². The minimum absolute atomic E-state index is 0.191. The molecule has 1 heterocycles. The summed E-state index contributed by atoms with van der Waals surface area (Å²) >= 11 is 0. The SMILES string of the molecule is CC1CC(C)(C)c2c(F)ccc(NC(=O)c3cnn(C)c3)c21. The molecule has 1 atom stereocenters. The zero-order valence-electron chi connectivity index (χ0n) is 13.3. The van der Waals surface area contributed by atoms with E-state index in [2.05, 4.69) is 17.3 Å². The molecule has 1 amide bonds. The molecule has 0 aliphatic heterocycles. The van der Waals surface area contributed by atoms with Gasteiger partial charge in [-0.15, -0.1) is 0 Å². The van der Waals surface area contributed by atoms with E-state index in [1.54, 1.807) is 24.0 Å². The number of hydrogen-bond donors (Lipinski definition) is 1. The van der Waals surface area contributed by atoms with E-state index in [1.807, 2.05) is 13.8 Å². The molecule has 0 bridgehead atoms. The number of benzene rings is 1. The van der Waals surface area contributed by atoms with Gasteiger partial charge in [0.2, 0.25) is 0 Å². The maximum absolute atomic E-state index is 14.3. The lowest BCUT2D eigenvalue weighted by molar-refractivity contribution is 0.102.